The van der Waals surface area contributed by atoms with Gasteiger partial charge in [0.05, 0.1) is 33.0 Å². The second-order valence-corrected chi connectivity index (χ2v) is 7.57. The quantitative estimate of drug-likeness (QED) is 0.482. The molecule has 0 aliphatic carbocycles. The molecular weight excluding hydrogens is 416 g/mol. The molecular formula is C27H36N2O4. The van der Waals surface area contributed by atoms with E-state index in [0.29, 0.717) is 42.3 Å². The van der Waals surface area contributed by atoms with Crippen LogP contribution in [0.5, 0.6) is 11.5 Å². The standard InChI is InChI=1S/C21H23NO4.C6H13N/c1-22-21(23)18-13-17(14-19(24-2)20(18)25-3)11-7-8-12-26-15-16-9-5-4-6-10-16;1-2-7-5-3-4-6-7/h4-6,9-10,13-14H,8,12,15H2,1-3H3,(H,22,23);2-6H2,1H3. The van der Waals surface area contributed by atoms with Crippen molar-refractivity contribution >= 4 is 5.91 Å². The van der Waals surface area contributed by atoms with Crippen molar-refractivity contribution < 1.29 is 19.0 Å². The Morgan fingerprint density at radius 1 is 1.09 bits per heavy atom. The van der Waals surface area contributed by atoms with Gasteiger partial charge in [-0.2, -0.15) is 0 Å². The van der Waals surface area contributed by atoms with E-state index in [-0.39, 0.29) is 5.91 Å². The van der Waals surface area contributed by atoms with Crippen LogP contribution in [0.2, 0.25) is 0 Å². The average Bonchev–Trinajstić information content (AvgIpc) is 3.40. The van der Waals surface area contributed by atoms with E-state index in [4.69, 9.17) is 14.2 Å². The maximum atomic E-state index is 12.0. The molecule has 6 heteroatoms. The van der Waals surface area contributed by atoms with E-state index in [0.717, 1.165) is 5.56 Å². The maximum Gasteiger partial charge on any atom is 0.254 e. The zero-order chi connectivity index (χ0) is 23.9. The SMILES string of the molecule is CCN1CCCC1.CNC(=O)c1cc(C#CCCOCc2ccccc2)cc(OC)c1OC. The second-order valence-electron chi connectivity index (χ2n) is 7.57. The lowest BCUT2D eigenvalue weighted by atomic mass is 10.1. The molecule has 6 nitrogen and oxygen atoms in total. The minimum atomic E-state index is -0.255. The van der Waals surface area contributed by atoms with Crippen molar-refractivity contribution in [2.24, 2.45) is 0 Å². The Morgan fingerprint density at radius 2 is 1.82 bits per heavy atom. The fourth-order valence-corrected chi connectivity index (χ4v) is 3.49. The first-order valence-corrected chi connectivity index (χ1v) is 11.4. The molecule has 0 spiro atoms. The molecule has 33 heavy (non-hydrogen) atoms. The first-order valence-electron chi connectivity index (χ1n) is 11.4. The lowest BCUT2D eigenvalue weighted by Crippen LogP contribution is -2.19. The summed E-state index contributed by atoms with van der Waals surface area (Å²) in [7, 11) is 4.59. The van der Waals surface area contributed by atoms with Crippen molar-refractivity contribution in [2.75, 3.05) is 47.5 Å². The summed E-state index contributed by atoms with van der Waals surface area (Å²) in [5.74, 6) is 6.71. The molecule has 1 N–H and O–H groups in total. The Morgan fingerprint density at radius 3 is 2.39 bits per heavy atom. The molecule has 0 unspecified atom stereocenters. The van der Waals surface area contributed by atoms with Crippen LogP contribution in [-0.2, 0) is 11.3 Å². The third-order valence-corrected chi connectivity index (χ3v) is 5.31. The van der Waals surface area contributed by atoms with Gasteiger partial charge in [-0.05, 0) is 50.2 Å². The number of nitrogens with one attached hydrogen (secondary N) is 1. The Labute approximate surface area is 198 Å². The molecule has 1 saturated heterocycles. The van der Waals surface area contributed by atoms with Gasteiger partial charge in [0.15, 0.2) is 11.5 Å². The van der Waals surface area contributed by atoms with Crippen molar-refractivity contribution in [3.8, 4) is 23.3 Å². The fourth-order valence-electron chi connectivity index (χ4n) is 3.49. The zero-order valence-electron chi connectivity index (χ0n) is 20.3. The molecule has 0 saturated carbocycles. The van der Waals surface area contributed by atoms with Crippen LogP contribution in [0.15, 0.2) is 42.5 Å². The van der Waals surface area contributed by atoms with Crippen LogP contribution in [0.1, 0.15) is 47.7 Å². The number of ether oxygens (including phenoxy) is 3. The minimum Gasteiger partial charge on any atom is -0.493 e. The maximum absolute atomic E-state index is 12.0. The molecule has 2 aromatic rings. The number of amides is 1. The Kier molecular flexibility index (Phi) is 11.9. The van der Waals surface area contributed by atoms with Gasteiger partial charge in [0, 0.05) is 19.0 Å². The number of hydrogen-bond acceptors (Lipinski definition) is 5. The highest BCUT2D eigenvalue weighted by Crippen LogP contribution is 2.32. The zero-order valence-corrected chi connectivity index (χ0v) is 20.3. The van der Waals surface area contributed by atoms with Crippen molar-refractivity contribution in [1.82, 2.24) is 10.2 Å². The van der Waals surface area contributed by atoms with Gasteiger partial charge >= 0.3 is 0 Å². The van der Waals surface area contributed by atoms with Gasteiger partial charge in [0.2, 0.25) is 0 Å². The predicted octanol–water partition coefficient (Wildman–Crippen LogP) is 4.12. The van der Waals surface area contributed by atoms with E-state index in [1.807, 2.05) is 30.3 Å². The fraction of sp³-hybridized carbons (Fsp3) is 0.444. The number of carbonyl (C=O) groups excluding carboxylic acids is 1. The van der Waals surface area contributed by atoms with Gasteiger partial charge in [0.25, 0.3) is 5.91 Å². The molecule has 0 aromatic heterocycles. The first-order chi connectivity index (χ1) is 16.1. The Hall–Kier alpha value is -3.01. The van der Waals surface area contributed by atoms with Crippen LogP contribution in [0.25, 0.3) is 0 Å². The molecule has 0 radical (unpaired) electrons. The molecule has 1 heterocycles. The van der Waals surface area contributed by atoms with Gasteiger partial charge in [-0.3, -0.25) is 4.79 Å². The number of rotatable bonds is 8. The normalized spacial score (nSPS) is 12.7. The summed E-state index contributed by atoms with van der Waals surface area (Å²) in [5, 5.41) is 2.59. The van der Waals surface area contributed by atoms with Crippen molar-refractivity contribution in [3.05, 3.63) is 59.2 Å². The minimum absolute atomic E-state index is 0.255. The van der Waals surface area contributed by atoms with Crippen molar-refractivity contribution in [2.45, 2.75) is 32.8 Å². The molecule has 2 aromatic carbocycles. The molecule has 1 aliphatic heterocycles. The van der Waals surface area contributed by atoms with Crippen LogP contribution in [-0.4, -0.2) is 58.3 Å². The third-order valence-electron chi connectivity index (χ3n) is 5.31. The summed E-state index contributed by atoms with van der Waals surface area (Å²) >= 11 is 0. The summed E-state index contributed by atoms with van der Waals surface area (Å²) in [6.07, 6.45) is 3.44. The number of nitrogens with zero attached hydrogens (tertiary/aromatic N) is 1. The first kappa shape index (κ1) is 26.2. The topological polar surface area (TPSA) is 60.0 Å². The molecule has 1 aliphatic rings. The summed E-state index contributed by atoms with van der Waals surface area (Å²) < 4.78 is 16.2. The van der Waals surface area contributed by atoms with Crippen LogP contribution in [0.3, 0.4) is 0 Å². The molecule has 1 amide bonds. The van der Waals surface area contributed by atoms with E-state index < -0.39 is 0 Å². The number of hydrogen-bond donors (Lipinski definition) is 1. The molecule has 0 atom stereocenters. The van der Waals surface area contributed by atoms with E-state index in [1.165, 1.54) is 46.7 Å². The van der Waals surface area contributed by atoms with Gasteiger partial charge in [0.1, 0.15) is 0 Å². The highest BCUT2D eigenvalue weighted by molar-refractivity contribution is 5.98. The van der Waals surface area contributed by atoms with Gasteiger partial charge in [-0.25, -0.2) is 0 Å². The molecule has 1 fully saturated rings. The highest BCUT2D eigenvalue weighted by atomic mass is 16.5. The van der Waals surface area contributed by atoms with Gasteiger partial charge < -0.3 is 24.4 Å². The number of likely N-dealkylation sites (tertiary alicyclic amines) is 1. The van der Waals surface area contributed by atoms with E-state index in [2.05, 4.69) is 29.0 Å². The summed E-state index contributed by atoms with van der Waals surface area (Å²) in [4.78, 5) is 14.5. The van der Waals surface area contributed by atoms with Crippen molar-refractivity contribution in [3.63, 3.8) is 0 Å². The lowest BCUT2D eigenvalue weighted by Gasteiger charge is -2.12. The van der Waals surface area contributed by atoms with Gasteiger partial charge in [-0.15, -0.1) is 0 Å². The summed E-state index contributed by atoms with van der Waals surface area (Å²) in [5.41, 5.74) is 2.21. The average molecular weight is 453 g/mol. The molecule has 3 rings (SSSR count). The van der Waals surface area contributed by atoms with Crippen LogP contribution < -0.4 is 14.8 Å². The Bertz CT molecular complexity index is 913. The molecule has 178 valence electrons. The van der Waals surface area contributed by atoms with Crippen LogP contribution >= 0.6 is 0 Å². The highest BCUT2D eigenvalue weighted by Gasteiger charge is 2.17. The van der Waals surface area contributed by atoms with Gasteiger partial charge in [-0.1, -0.05) is 49.1 Å². The second kappa shape index (κ2) is 14.9. The molecule has 0 bridgehead atoms. The Balaban J connectivity index is 0.000000468. The number of carbonyl (C=O) groups is 1. The van der Waals surface area contributed by atoms with Crippen molar-refractivity contribution in [1.29, 1.82) is 0 Å². The monoisotopic (exact) mass is 452 g/mol. The van der Waals surface area contributed by atoms with Crippen LogP contribution in [0, 0.1) is 11.8 Å². The smallest absolute Gasteiger partial charge is 0.254 e. The predicted molar refractivity (Wildman–Crippen MR) is 132 cm³/mol. The number of benzene rings is 2. The number of methoxy groups -OCH3 is 2. The van der Waals surface area contributed by atoms with E-state index in [9.17, 15) is 4.79 Å². The van der Waals surface area contributed by atoms with E-state index in [1.54, 1.807) is 19.2 Å². The van der Waals surface area contributed by atoms with Crippen LogP contribution in [0.4, 0.5) is 0 Å². The third kappa shape index (κ3) is 8.80. The summed E-state index contributed by atoms with van der Waals surface area (Å²) in [6, 6.07) is 13.4. The lowest BCUT2D eigenvalue weighted by molar-refractivity contribution is 0.0959. The summed E-state index contributed by atoms with van der Waals surface area (Å²) in [6.45, 7) is 7.27. The van der Waals surface area contributed by atoms with E-state index >= 15 is 0 Å². The largest absolute Gasteiger partial charge is 0.493 e.